The van der Waals surface area contributed by atoms with Gasteiger partial charge in [0.05, 0.1) is 5.69 Å². The summed E-state index contributed by atoms with van der Waals surface area (Å²) in [4.78, 5) is 15.1. The number of rotatable bonds is 2. The van der Waals surface area contributed by atoms with E-state index in [2.05, 4.69) is 4.98 Å². The van der Waals surface area contributed by atoms with Crippen LogP contribution in [0.2, 0.25) is 5.15 Å². The van der Waals surface area contributed by atoms with Crippen LogP contribution < -0.4 is 4.74 Å². The lowest BCUT2D eigenvalue weighted by molar-refractivity contribution is 0.145. The van der Waals surface area contributed by atoms with Crippen molar-refractivity contribution in [3.05, 3.63) is 59.8 Å². The zero-order chi connectivity index (χ0) is 14.8. The van der Waals surface area contributed by atoms with E-state index in [9.17, 15) is 4.79 Å². The largest absolute Gasteiger partial charge is 0.511 e. The van der Waals surface area contributed by atoms with E-state index in [1.165, 1.54) is 0 Å². The molecule has 4 nitrogen and oxygen atoms in total. The Labute approximate surface area is 125 Å². The van der Waals surface area contributed by atoms with Crippen LogP contribution in [0.3, 0.4) is 0 Å². The predicted octanol–water partition coefficient (Wildman–Crippen LogP) is 4.61. The maximum absolute atomic E-state index is 10.8. The molecular weight excluding hydrogens is 290 g/mol. The number of ether oxygens (including phenoxy) is 1. The van der Waals surface area contributed by atoms with E-state index >= 15 is 0 Å². The third-order valence-corrected chi connectivity index (χ3v) is 3.32. The van der Waals surface area contributed by atoms with E-state index in [0.29, 0.717) is 11.1 Å². The Hall–Kier alpha value is -2.59. The summed E-state index contributed by atoms with van der Waals surface area (Å²) in [6.45, 7) is 0. The van der Waals surface area contributed by atoms with Gasteiger partial charge in [-0.2, -0.15) is 0 Å². The first kappa shape index (κ1) is 13.4. The van der Waals surface area contributed by atoms with Crippen LogP contribution in [0.4, 0.5) is 4.79 Å². The molecule has 0 saturated carbocycles. The van der Waals surface area contributed by atoms with Gasteiger partial charge in [0.1, 0.15) is 0 Å². The summed E-state index contributed by atoms with van der Waals surface area (Å²) in [5, 5.41) is 10.2. The van der Waals surface area contributed by atoms with Gasteiger partial charge < -0.3 is 9.84 Å². The number of hydrogen-bond acceptors (Lipinski definition) is 3. The molecular formula is C16H10ClNO3. The number of carbonyl (C=O) groups is 1. The zero-order valence-electron chi connectivity index (χ0n) is 10.8. The first-order valence-electron chi connectivity index (χ1n) is 6.21. The van der Waals surface area contributed by atoms with Crippen molar-refractivity contribution in [1.29, 1.82) is 0 Å². The summed E-state index contributed by atoms with van der Waals surface area (Å²) in [7, 11) is 0. The molecule has 104 valence electrons. The van der Waals surface area contributed by atoms with Crippen LogP contribution in [-0.2, 0) is 0 Å². The lowest BCUT2D eigenvalue weighted by Gasteiger charge is -2.11. The molecule has 0 fully saturated rings. The van der Waals surface area contributed by atoms with Crippen LogP contribution in [0.25, 0.3) is 22.0 Å². The second-order valence-electron chi connectivity index (χ2n) is 4.36. The third-order valence-electron chi connectivity index (χ3n) is 3.06. The van der Waals surface area contributed by atoms with Crippen molar-refractivity contribution in [3.63, 3.8) is 0 Å². The predicted molar refractivity (Wildman–Crippen MR) is 80.8 cm³/mol. The van der Waals surface area contributed by atoms with E-state index in [-0.39, 0.29) is 10.9 Å². The Bertz CT molecular complexity index is 818. The Morgan fingerprint density at radius 1 is 1.00 bits per heavy atom. The Balaban J connectivity index is 2.32. The van der Waals surface area contributed by atoms with E-state index in [0.717, 1.165) is 10.9 Å². The summed E-state index contributed by atoms with van der Waals surface area (Å²) in [6, 6.07) is 16.8. The molecule has 0 bridgehead atoms. The molecule has 0 unspecified atom stereocenters. The van der Waals surface area contributed by atoms with Gasteiger partial charge in [-0.05, 0) is 0 Å². The monoisotopic (exact) mass is 299 g/mol. The Morgan fingerprint density at radius 2 is 1.62 bits per heavy atom. The second-order valence-corrected chi connectivity index (χ2v) is 4.72. The quantitative estimate of drug-likeness (QED) is 0.554. The van der Waals surface area contributed by atoms with Gasteiger partial charge >= 0.3 is 6.16 Å². The molecule has 1 aromatic heterocycles. The number of hydrogen-bond donors (Lipinski definition) is 1. The molecule has 2 aromatic carbocycles. The van der Waals surface area contributed by atoms with Gasteiger partial charge in [-0.15, -0.1) is 0 Å². The number of benzene rings is 2. The second kappa shape index (κ2) is 5.42. The van der Waals surface area contributed by atoms with Crippen molar-refractivity contribution in [3.8, 4) is 17.0 Å². The lowest BCUT2D eigenvalue weighted by Crippen LogP contribution is -2.05. The fraction of sp³-hybridized carbons (Fsp3) is 0. The zero-order valence-corrected chi connectivity index (χ0v) is 11.5. The van der Waals surface area contributed by atoms with Crippen molar-refractivity contribution in [2.45, 2.75) is 0 Å². The van der Waals surface area contributed by atoms with Gasteiger partial charge in [-0.25, -0.2) is 9.78 Å². The van der Waals surface area contributed by atoms with Gasteiger partial charge in [0.25, 0.3) is 0 Å². The van der Waals surface area contributed by atoms with Crippen molar-refractivity contribution in [1.82, 2.24) is 4.98 Å². The minimum Gasteiger partial charge on any atom is -0.449 e. The first-order chi connectivity index (χ1) is 10.2. The molecule has 0 atom stereocenters. The van der Waals surface area contributed by atoms with E-state index in [1.807, 2.05) is 42.5 Å². The van der Waals surface area contributed by atoms with Gasteiger partial charge in [0.2, 0.25) is 0 Å². The molecule has 21 heavy (non-hydrogen) atoms. The number of nitrogens with zero attached hydrogens (tertiary/aromatic N) is 1. The SMILES string of the molecule is O=C(O)Oc1c(Cl)nc(-c2ccccc2)c2ccccc12. The van der Waals surface area contributed by atoms with Gasteiger partial charge in [0, 0.05) is 16.3 Å². The molecule has 0 saturated heterocycles. The lowest BCUT2D eigenvalue weighted by atomic mass is 10.0. The highest BCUT2D eigenvalue weighted by molar-refractivity contribution is 6.32. The topological polar surface area (TPSA) is 59.4 Å². The highest BCUT2D eigenvalue weighted by Crippen LogP contribution is 2.37. The van der Waals surface area contributed by atoms with Crippen LogP contribution in [0, 0.1) is 0 Å². The van der Waals surface area contributed by atoms with Crippen molar-refractivity contribution in [2.24, 2.45) is 0 Å². The van der Waals surface area contributed by atoms with Gasteiger partial charge in [-0.1, -0.05) is 66.2 Å². The normalized spacial score (nSPS) is 10.5. The summed E-state index contributed by atoms with van der Waals surface area (Å²) in [5.41, 5.74) is 1.59. The highest BCUT2D eigenvalue weighted by Gasteiger charge is 2.16. The number of carboxylic acid groups (broad SMARTS) is 1. The van der Waals surface area contributed by atoms with Crippen LogP contribution in [0.1, 0.15) is 0 Å². The average Bonchev–Trinajstić information content (AvgIpc) is 2.50. The maximum atomic E-state index is 10.8. The molecule has 0 spiro atoms. The molecule has 0 aliphatic rings. The summed E-state index contributed by atoms with van der Waals surface area (Å²) in [5.74, 6) is 0.0550. The van der Waals surface area contributed by atoms with Crippen LogP contribution >= 0.6 is 11.6 Å². The molecule has 0 radical (unpaired) electrons. The van der Waals surface area contributed by atoms with E-state index < -0.39 is 6.16 Å². The van der Waals surface area contributed by atoms with Gasteiger partial charge in [-0.3, -0.25) is 0 Å². The average molecular weight is 300 g/mol. The first-order valence-corrected chi connectivity index (χ1v) is 6.59. The molecule has 0 amide bonds. The molecule has 5 heteroatoms. The molecule has 1 heterocycles. The van der Waals surface area contributed by atoms with Crippen LogP contribution in [-0.4, -0.2) is 16.2 Å². The standard InChI is InChI=1S/C16H10ClNO3/c17-15-14(21-16(19)20)12-9-5-4-8-11(12)13(18-15)10-6-2-1-3-7-10/h1-9H,(H,19,20). The van der Waals surface area contributed by atoms with Crippen LogP contribution in [0.15, 0.2) is 54.6 Å². The van der Waals surface area contributed by atoms with E-state index in [4.69, 9.17) is 21.4 Å². The fourth-order valence-corrected chi connectivity index (χ4v) is 2.43. The highest BCUT2D eigenvalue weighted by atomic mass is 35.5. The minimum atomic E-state index is -1.42. The van der Waals surface area contributed by atoms with Crippen LogP contribution in [0.5, 0.6) is 5.75 Å². The third kappa shape index (κ3) is 2.53. The van der Waals surface area contributed by atoms with Gasteiger partial charge in [0.15, 0.2) is 10.9 Å². The Morgan fingerprint density at radius 3 is 2.29 bits per heavy atom. The summed E-state index contributed by atoms with van der Waals surface area (Å²) < 4.78 is 4.77. The maximum Gasteiger partial charge on any atom is 0.511 e. The molecule has 3 rings (SSSR count). The minimum absolute atomic E-state index is 0.0231. The molecule has 3 aromatic rings. The van der Waals surface area contributed by atoms with Crippen molar-refractivity contribution in [2.75, 3.05) is 0 Å². The smallest absolute Gasteiger partial charge is 0.449 e. The summed E-state index contributed by atoms with van der Waals surface area (Å²) in [6.07, 6.45) is -1.42. The number of aromatic nitrogens is 1. The number of pyridine rings is 1. The van der Waals surface area contributed by atoms with E-state index in [1.54, 1.807) is 12.1 Å². The Kier molecular flexibility index (Phi) is 3.46. The van der Waals surface area contributed by atoms with Crippen molar-refractivity contribution < 1.29 is 14.6 Å². The number of halogens is 1. The number of fused-ring (bicyclic) bond motifs is 1. The molecule has 1 N–H and O–H groups in total. The molecule has 0 aliphatic heterocycles. The molecule has 0 aliphatic carbocycles. The van der Waals surface area contributed by atoms with Crippen molar-refractivity contribution >= 4 is 28.5 Å². The summed E-state index contributed by atoms with van der Waals surface area (Å²) >= 11 is 6.10. The fourth-order valence-electron chi connectivity index (χ4n) is 2.21.